The lowest BCUT2D eigenvalue weighted by atomic mass is 10.1. The van der Waals surface area contributed by atoms with Crippen molar-refractivity contribution < 1.29 is 28.5 Å². The molecule has 0 amide bonds. The van der Waals surface area contributed by atoms with Crippen LogP contribution in [0.15, 0.2) is 0 Å². The summed E-state index contributed by atoms with van der Waals surface area (Å²) < 4.78 is 1.17. The van der Waals surface area contributed by atoms with E-state index in [4.69, 9.17) is 11.6 Å². The minimum atomic E-state index is 0. The van der Waals surface area contributed by atoms with Gasteiger partial charge < -0.3 is 28.5 Å². The molecule has 0 saturated heterocycles. The number of unbranched alkanes of at least 4 members (excludes halogenated alkanes) is 5. The van der Waals surface area contributed by atoms with E-state index in [0.717, 1.165) is 5.88 Å². The fourth-order valence-corrected chi connectivity index (χ4v) is 2.08. The highest BCUT2D eigenvalue weighted by Crippen LogP contribution is 2.08. The fourth-order valence-electron chi connectivity index (χ4n) is 1.89. The highest BCUT2D eigenvalue weighted by atomic mass is 127. The summed E-state index contributed by atoms with van der Waals surface area (Å²) in [6.07, 6.45) is 9.38. The molecule has 0 aromatic heterocycles. The summed E-state index contributed by atoms with van der Waals surface area (Å²) in [4.78, 5) is 0. The first-order valence-electron chi connectivity index (χ1n) is 6.50. The largest absolute Gasteiger partial charge is 1.00 e. The molecule has 16 heavy (non-hydrogen) atoms. The lowest BCUT2D eigenvalue weighted by molar-refractivity contribution is -0.890. The van der Waals surface area contributed by atoms with Gasteiger partial charge in [-0.3, -0.25) is 0 Å². The van der Waals surface area contributed by atoms with Gasteiger partial charge in [0.15, 0.2) is 0 Å². The monoisotopic (exact) mass is 361 g/mol. The van der Waals surface area contributed by atoms with Crippen LogP contribution >= 0.6 is 11.6 Å². The number of hydrogen-bond acceptors (Lipinski definition) is 0. The summed E-state index contributed by atoms with van der Waals surface area (Å²) in [5, 5.41) is 0. The molecule has 0 aliphatic carbocycles. The van der Waals surface area contributed by atoms with Crippen LogP contribution in [0, 0.1) is 0 Å². The van der Waals surface area contributed by atoms with Gasteiger partial charge in [0.1, 0.15) is 0 Å². The number of quaternary nitrogens is 1. The summed E-state index contributed by atoms with van der Waals surface area (Å²) in [5.41, 5.74) is 0. The lowest BCUT2D eigenvalue weighted by Gasteiger charge is -2.29. The quantitative estimate of drug-likeness (QED) is 0.236. The Labute approximate surface area is 125 Å². The molecule has 0 fully saturated rings. The van der Waals surface area contributed by atoms with Crippen LogP contribution in [0.4, 0.5) is 0 Å². The highest BCUT2D eigenvalue weighted by molar-refractivity contribution is 6.17. The van der Waals surface area contributed by atoms with Gasteiger partial charge >= 0.3 is 0 Å². The molecule has 0 aliphatic heterocycles. The summed E-state index contributed by atoms with van der Waals surface area (Å²) in [6, 6.07) is 0. The summed E-state index contributed by atoms with van der Waals surface area (Å²) >= 11 is 5.68. The first-order valence-corrected chi connectivity index (χ1v) is 7.04. The predicted octanol–water partition coefficient (Wildman–Crippen LogP) is 1.06. The van der Waals surface area contributed by atoms with Crippen molar-refractivity contribution in [1.82, 2.24) is 0 Å². The third kappa shape index (κ3) is 13.0. The Balaban J connectivity index is 0. The zero-order chi connectivity index (χ0) is 11.6. The second kappa shape index (κ2) is 12.4. The molecule has 0 radical (unpaired) electrons. The molecule has 0 aromatic carbocycles. The third-order valence-electron chi connectivity index (χ3n) is 3.01. The van der Waals surface area contributed by atoms with Crippen LogP contribution < -0.4 is 24.0 Å². The second-order valence-corrected chi connectivity index (χ2v) is 5.57. The first-order chi connectivity index (χ1) is 7.12. The van der Waals surface area contributed by atoms with Crippen molar-refractivity contribution in [3.8, 4) is 0 Å². The minimum Gasteiger partial charge on any atom is -1.00 e. The average Bonchev–Trinajstić information content (AvgIpc) is 2.17. The van der Waals surface area contributed by atoms with Crippen LogP contribution in [-0.2, 0) is 0 Å². The Morgan fingerprint density at radius 2 is 1.31 bits per heavy atom. The Morgan fingerprint density at radius 1 is 0.812 bits per heavy atom. The number of halogens is 2. The van der Waals surface area contributed by atoms with Crippen LogP contribution in [0.2, 0.25) is 0 Å². The summed E-state index contributed by atoms with van der Waals surface area (Å²) in [5.74, 6) is 0.816. The molecule has 0 rings (SSSR count). The molecule has 0 unspecified atom stereocenters. The van der Waals surface area contributed by atoms with Crippen LogP contribution in [-0.4, -0.2) is 37.5 Å². The van der Waals surface area contributed by atoms with Crippen LogP contribution in [0.3, 0.4) is 0 Å². The molecular formula is C13H29ClIN. The number of nitrogens with zero attached hydrogens (tertiary/aromatic N) is 1. The van der Waals surface area contributed by atoms with E-state index in [1.807, 2.05) is 0 Å². The standard InChI is InChI=1S/C13H29ClN.HI/c1-4-5-6-7-9-12-15(2,3)13-10-8-11-14;/h4-13H2,1-3H3;1H/q+1;/p-1. The number of hydrogen-bond donors (Lipinski definition) is 0. The summed E-state index contributed by atoms with van der Waals surface area (Å²) in [7, 11) is 4.68. The average molecular weight is 362 g/mol. The van der Waals surface area contributed by atoms with E-state index < -0.39 is 0 Å². The van der Waals surface area contributed by atoms with Crippen molar-refractivity contribution in [2.24, 2.45) is 0 Å². The van der Waals surface area contributed by atoms with Gasteiger partial charge in [0.2, 0.25) is 0 Å². The van der Waals surface area contributed by atoms with E-state index in [1.165, 1.54) is 62.5 Å². The van der Waals surface area contributed by atoms with Gasteiger partial charge in [0.25, 0.3) is 0 Å². The Bertz CT molecular complexity index is 140. The van der Waals surface area contributed by atoms with E-state index in [9.17, 15) is 0 Å². The maximum atomic E-state index is 5.68. The zero-order valence-electron chi connectivity index (χ0n) is 11.3. The molecule has 1 nitrogen and oxygen atoms in total. The van der Waals surface area contributed by atoms with E-state index in [0.29, 0.717) is 0 Å². The molecule has 0 saturated carbocycles. The first kappa shape index (κ1) is 19.3. The van der Waals surface area contributed by atoms with Crippen molar-refractivity contribution in [2.75, 3.05) is 33.1 Å². The van der Waals surface area contributed by atoms with Gasteiger partial charge in [-0.05, 0) is 25.7 Å². The van der Waals surface area contributed by atoms with Crippen molar-refractivity contribution in [2.45, 2.75) is 51.9 Å². The highest BCUT2D eigenvalue weighted by Gasteiger charge is 2.13. The van der Waals surface area contributed by atoms with Crippen LogP contribution in [0.5, 0.6) is 0 Å². The lowest BCUT2D eigenvalue weighted by Crippen LogP contribution is -3.00. The minimum absolute atomic E-state index is 0. The van der Waals surface area contributed by atoms with E-state index in [2.05, 4.69) is 21.0 Å². The molecule has 100 valence electrons. The predicted molar refractivity (Wildman–Crippen MR) is 70.6 cm³/mol. The molecular weight excluding hydrogens is 333 g/mol. The van der Waals surface area contributed by atoms with Gasteiger partial charge in [-0.15, -0.1) is 11.6 Å². The SMILES string of the molecule is CCCCCCC[N+](C)(C)CCCCCl.[I-]. The molecule has 0 atom stereocenters. The van der Waals surface area contributed by atoms with Gasteiger partial charge in [-0.25, -0.2) is 0 Å². The molecule has 3 heteroatoms. The Hall–Kier alpha value is 0.980. The Kier molecular flexibility index (Phi) is 15.0. The third-order valence-corrected chi connectivity index (χ3v) is 3.28. The van der Waals surface area contributed by atoms with Crippen LogP contribution in [0.1, 0.15) is 51.9 Å². The van der Waals surface area contributed by atoms with Crippen molar-refractivity contribution in [3.05, 3.63) is 0 Å². The van der Waals surface area contributed by atoms with E-state index in [-0.39, 0.29) is 24.0 Å². The van der Waals surface area contributed by atoms with Gasteiger partial charge in [-0.1, -0.05) is 26.2 Å². The zero-order valence-corrected chi connectivity index (χ0v) is 14.2. The van der Waals surface area contributed by atoms with Crippen molar-refractivity contribution in [1.29, 1.82) is 0 Å². The Morgan fingerprint density at radius 3 is 1.81 bits per heavy atom. The molecule has 0 N–H and O–H groups in total. The molecule has 0 aromatic rings. The normalized spacial score (nSPS) is 11.2. The molecule has 0 aliphatic rings. The van der Waals surface area contributed by atoms with Crippen molar-refractivity contribution >= 4 is 11.6 Å². The van der Waals surface area contributed by atoms with Gasteiger partial charge in [0, 0.05) is 5.88 Å². The fraction of sp³-hybridized carbons (Fsp3) is 1.00. The van der Waals surface area contributed by atoms with Gasteiger partial charge in [0.05, 0.1) is 27.2 Å². The van der Waals surface area contributed by atoms with Crippen LogP contribution in [0.25, 0.3) is 0 Å². The van der Waals surface area contributed by atoms with E-state index >= 15 is 0 Å². The topological polar surface area (TPSA) is 0 Å². The van der Waals surface area contributed by atoms with E-state index in [1.54, 1.807) is 0 Å². The van der Waals surface area contributed by atoms with Crippen molar-refractivity contribution in [3.63, 3.8) is 0 Å². The summed E-state index contributed by atoms with van der Waals surface area (Å²) in [6.45, 7) is 4.87. The molecule has 0 spiro atoms. The number of alkyl halides is 1. The maximum Gasteiger partial charge on any atom is 0.0782 e. The number of rotatable bonds is 10. The molecule has 0 bridgehead atoms. The maximum absolute atomic E-state index is 5.68. The second-order valence-electron chi connectivity index (χ2n) is 5.19. The molecule has 0 heterocycles. The smallest absolute Gasteiger partial charge is 0.0782 e. The van der Waals surface area contributed by atoms with Gasteiger partial charge in [-0.2, -0.15) is 0 Å².